The van der Waals surface area contributed by atoms with E-state index in [0.717, 1.165) is 17.7 Å². The van der Waals surface area contributed by atoms with E-state index in [1.807, 2.05) is 35.2 Å². The van der Waals surface area contributed by atoms with Crippen LogP contribution in [0.25, 0.3) is 11.4 Å². The molecule has 1 amide bonds. The zero-order valence-electron chi connectivity index (χ0n) is 15.2. The lowest BCUT2D eigenvalue weighted by Crippen LogP contribution is -2.51. The third-order valence-electron chi connectivity index (χ3n) is 5.15. The number of halogens is 3. The molecular formula is C20H17F3N4O2. The van der Waals surface area contributed by atoms with Gasteiger partial charge in [0.2, 0.25) is 11.7 Å². The van der Waals surface area contributed by atoms with E-state index in [9.17, 15) is 18.0 Å². The first-order valence-electron chi connectivity index (χ1n) is 8.97. The second-order valence-corrected chi connectivity index (χ2v) is 6.81. The van der Waals surface area contributed by atoms with Crippen LogP contribution in [0.1, 0.15) is 24.3 Å². The summed E-state index contributed by atoms with van der Waals surface area (Å²) in [5.74, 6) is -2.00. The summed E-state index contributed by atoms with van der Waals surface area (Å²) in [6.45, 7) is 0.623. The summed E-state index contributed by atoms with van der Waals surface area (Å²) in [4.78, 5) is 17.9. The Kier molecular flexibility index (Phi) is 4.52. The van der Waals surface area contributed by atoms with Gasteiger partial charge in [0.15, 0.2) is 0 Å². The average Bonchev–Trinajstić information content (AvgIpc) is 3.37. The summed E-state index contributed by atoms with van der Waals surface area (Å²) in [5.41, 5.74) is 6.77. The Morgan fingerprint density at radius 3 is 2.38 bits per heavy atom. The Bertz CT molecular complexity index is 1020. The minimum absolute atomic E-state index is 0.158. The number of carbonyl (C=O) groups excluding carboxylic acids is 1. The molecule has 6 nitrogen and oxygen atoms in total. The maximum Gasteiger partial charge on any atom is 0.471 e. The SMILES string of the molecule is NC(=O)C1(c2ccccc2)CCCN1c1ccc(-c2noc(C(F)(F)F)n2)cc1. The molecule has 2 N–H and O–H groups in total. The van der Waals surface area contributed by atoms with Crippen molar-refractivity contribution < 1.29 is 22.5 Å². The molecule has 1 aromatic heterocycles. The predicted octanol–water partition coefficient (Wildman–Crippen LogP) is 3.74. The maximum atomic E-state index is 12.7. The van der Waals surface area contributed by atoms with Crippen LogP contribution in [-0.4, -0.2) is 22.6 Å². The molecule has 1 aliphatic heterocycles. The van der Waals surface area contributed by atoms with Crippen molar-refractivity contribution in [1.29, 1.82) is 0 Å². The van der Waals surface area contributed by atoms with Gasteiger partial charge in [-0.2, -0.15) is 18.2 Å². The number of rotatable bonds is 4. The number of hydrogen-bond donors (Lipinski definition) is 1. The topological polar surface area (TPSA) is 85.3 Å². The Labute approximate surface area is 164 Å². The molecule has 2 aromatic carbocycles. The van der Waals surface area contributed by atoms with Crippen molar-refractivity contribution in [3.63, 3.8) is 0 Å². The quantitative estimate of drug-likeness (QED) is 0.719. The first kappa shape index (κ1) is 19.0. The van der Waals surface area contributed by atoms with E-state index in [0.29, 0.717) is 18.5 Å². The van der Waals surface area contributed by atoms with Crippen molar-refractivity contribution in [1.82, 2.24) is 10.1 Å². The molecule has 2 heterocycles. The number of anilines is 1. The fraction of sp³-hybridized carbons (Fsp3) is 0.250. The van der Waals surface area contributed by atoms with Crippen LogP contribution in [-0.2, 0) is 16.5 Å². The average molecular weight is 402 g/mol. The summed E-state index contributed by atoms with van der Waals surface area (Å²) in [5, 5.41) is 3.39. The van der Waals surface area contributed by atoms with Crippen molar-refractivity contribution >= 4 is 11.6 Å². The molecule has 1 unspecified atom stereocenters. The van der Waals surface area contributed by atoms with E-state index in [1.165, 1.54) is 0 Å². The van der Waals surface area contributed by atoms with E-state index < -0.39 is 23.5 Å². The van der Waals surface area contributed by atoms with Gasteiger partial charge in [-0.25, -0.2) is 0 Å². The van der Waals surface area contributed by atoms with Crippen LogP contribution in [0.5, 0.6) is 0 Å². The first-order chi connectivity index (χ1) is 13.8. The van der Waals surface area contributed by atoms with Crippen LogP contribution in [0.4, 0.5) is 18.9 Å². The Morgan fingerprint density at radius 2 is 1.79 bits per heavy atom. The number of nitrogens with two attached hydrogens (primary N) is 1. The maximum absolute atomic E-state index is 12.7. The van der Waals surface area contributed by atoms with E-state index in [2.05, 4.69) is 14.7 Å². The molecule has 1 aliphatic rings. The molecule has 9 heteroatoms. The molecule has 0 bridgehead atoms. The van der Waals surface area contributed by atoms with Crippen molar-refractivity contribution in [2.24, 2.45) is 5.73 Å². The van der Waals surface area contributed by atoms with Gasteiger partial charge in [0.05, 0.1) is 0 Å². The van der Waals surface area contributed by atoms with Gasteiger partial charge in [0.1, 0.15) is 5.54 Å². The molecule has 0 saturated carbocycles. The molecule has 1 saturated heterocycles. The second kappa shape index (κ2) is 6.91. The zero-order valence-corrected chi connectivity index (χ0v) is 15.2. The fourth-order valence-corrected chi connectivity index (χ4v) is 3.83. The number of benzene rings is 2. The molecule has 4 rings (SSSR count). The lowest BCUT2D eigenvalue weighted by atomic mass is 9.86. The van der Waals surface area contributed by atoms with E-state index >= 15 is 0 Å². The van der Waals surface area contributed by atoms with Gasteiger partial charge in [-0.1, -0.05) is 35.5 Å². The van der Waals surface area contributed by atoms with Gasteiger partial charge in [0, 0.05) is 17.8 Å². The van der Waals surface area contributed by atoms with E-state index in [1.54, 1.807) is 24.3 Å². The Morgan fingerprint density at radius 1 is 1.10 bits per heavy atom. The summed E-state index contributed by atoms with van der Waals surface area (Å²) >= 11 is 0. The lowest BCUT2D eigenvalue weighted by molar-refractivity contribution is -0.159. The summed E-state index contributed by atoms with van der Waals surface area (Å²) in [6, 6.07) is 15.9. The largest absolute Gasteiger partial charge is 0.471 e. The van der Waals surface area contributed by atoms with E-state index in [-0.39, 0.29) is 5.82 Å². The molecule has 1 fully saturated rings. The smallest absolute Gasteiger partial charge is 0.367 e. The minimum Gasteiger partial charge on any atom is -0.367 e. The highest BCUT2D eigenvalue weighted by atomic mass is 19.4. The number of carbonyl (C=O) groups is 1. The lowest BCUT2D eigenvalue weighted by Gasteiger charge is -2.38. The third kappa shape index (κ3) is 3.22. The Balaban J connectivity index is 1.68. The minimum atomic E-state index is -4.70. The number of amides is 1. The highest BCUT2D eigenvalue weighted by Gasteiger charge is 2.47. The van der Waals surface area contributed by atoms with Crippen LogP contribution in [0.3, 0.4) is 0 Å². The van der Waals surface area contributed by atoms with Crippen LogP contribution in [0, 0.1) is 0 Å². The molecular weight excluding hydrogens is 385 g/mol. The number of aromatic nitrogens is 2. The van der Waals surface area contributed by atoms with Gasteiger partial charge in [-0.3, -0.25) is 4.79 Å². The molecule has 3 aromatic rings. The Hall–Kier alpha value is -3.36. The van der Waals surface area contributed by atoms with Gasteiger partial charge in [-0.05, 0) is 42.7 Å². The molecule has 0 spiro atoms. The van der Waals surface area contributed by atoms with Crippen molar-refractivity contribution in [2.75, 3.05) is 11.4 Å². The second-order valence-electron chi connectivity index (χ2n) is 6.81. The van der Waals surface area contributed by atoms with Crippen LogP contribution in [0.15, 0.2) is 59.1 Å². The highest BCUT2D eigenvalue weighted by Crippen LogP contribution is 2.42. The highest BCUT2D eigenvalue weighted by molar-refractivity contribution is 5.91. The van der Waals surface area contributed by atoms with Crippen molar-refractivity contribution in [2.45, 2.75) is 24.6 Å². The van der Waals surface area contributed by atoms with Gasteiger partial charge in [-0.15, -0.1) is 0 Å². The zero-order chi connectivity index (χ0) is 20.6. The number of nitrogens with zero attached hydrogens (tertiary/aromatic N) is 3. The first-order valence-corrected chi connectivity index (χ1v) is 8.97. The molecule has 0 aliphatic carbocycles. The summed E-state index contributed by atoms with van der Waals surface area (Å²) in [6.07, 6.45) is -3.34. The normalized spacial score (nSPS) is 19.5. The van der Waals surface area contributed by atoms with Gasteiger partial charge < -0.3 is 15.2 Å². The standard InChI is InChI=1S/C20H17F3N4O2/c21-20(22,23)18-25-16(26-29-18)13-7-9-15(10-8-13)27-12-4-11-19(27,17(24)28)14-5-2-1-3-6-14/h1-3,5-10H,4,11-12H2,(H2,24,28). The predicted molar refractivity (Wildman–Crippen MR) is 98.6 cm³/mol. The van der Waals surface area contributed by atoms with Crippen molar-refractivity contribution in [3.05, 3.63) is 66.1 Å². The fourth-order valence-electron chi connectivity index (χ4n) is 3.83. The summed E-state index contributed by atoms with van der Waals surface area (Å²) < 4.78 is 42.3. The van der Waals surface area contributed by atoms with Gasteiger partial charge in [0.25, 0.3) is 0 Å². The number of alkyl halides is 3. The van der Waals surface area contributed by atoms with Crippen LogP contribution in [0.2, 0.25) is 0 Å². The van der Waals surface area contributed by atoms with Crippen LogP contribution < -0.4 is 10.6 Å². The molecule has 1 atom stereocenters. The monoisotopic (exact) mass is 402 g/mol. The van der Waals surface area contributed by atoms with Crippen LogP contribution >= 0.6 is 0 Å². The molecule has 0 radical (unpaired) electrons. The van der Waals surface area contributed by atoms with Crippen molar-refractivity contribution in [3.8, 4) is 11.4 Å². The molecule has 29 heavy (non-hydrogen) atoms. The number of hydrogen-bond acceptors (Lipinski definition) is 5. The third-order valence-corrected chi connectivity index (χ3v) is 5.15. The summed E-state index contributed by atoms with van der Waals surface area (Å²) in [7, 11) is 0. The van der Waals surface area contributed by atoms with E-state index in [4.69, 9.17) is 5.73 Å². The number of primary amides is 1. The van der Waals surface area contributed by atoms with Gasteiger partial charge >= 0.3 is 12.1 Å². The molecule has 150 valence electrons.